The highest BCUT2D eigenvalue weighted by Gasteiger charge is 2.35. The minimum Gasteiger partial charge on any atom is -0.336 e. The van der Waals surface area contributed by atoms with Crippen LogP contribution in [0.3, 0.4) is 0 Å². The molecule has 4 rings (SSSR count). The van der Waals surface area contributed by atoms with E-state index in [9.17, 15) is 9.59 Å². The van der Waals surface area contributed by atoms with Crippen LogP contribution in [0.15, 0.2) is 36.7 Å². The predicted molar refractivity (Wildman–Crippen MR) is 103 cm³/mol. The second kappa shape index (κ2) is 6.94. The van der Waals surface area contributed by atoms with Crippen LogP contribution in [0.2, 0.25) is 0 Å². The van der Waals surface area contributed by atoms with Gasteiger partial charge in [0, 0.05) is 51.0 Å². The third kappa shape index (κ3) is 3.60. The van der Waals surface area contributed by atoms with E-state index in [0.717, 1.165) is 30.9 Å². The van der Waals surface area contributed by atoms with Gasteiger partial charge >= 0.3 is 12.1 Å². The zero-order chi connectivity index (χ0) is 19.0. The lowest BCUT2D eigenvalue weighted by Gasteiger charge is -2.19. The summed E-state index contributed by atoms with van der Waals surface area (Å²) >= 11 is 0. The molecule has 1 saturated heterocycles. The Bertz CT molecular complexity index is 842. The van der Waals surface area contributed by atoms with Crippen LogP contribution in [0.1, 0.15) is 24.7 Å². The molecule has 0 unspecified atom stereocenters. The van der Waals surface area contributed by atoms with E-state index in [0.29, 0.717) is 18.2 Å². The quantitative estimate of drug-likeness (QED) is 0.851. The normalized spacial score (nSPS) is 17.9. The average molecular weight is 368 g/mol. The summed E-state index contributed by atoms with van der Waals surface area (Å²) < 4.78 is 1.95. The van der Waals surface area contributed by atoms with Crippen LogP contribution < -0.4 is 15.5 Å². The lowest BCUT2D eigenvalue weighted by Crippen LogP contribution is -2.35. The van der Waals surface area contributed by atoms with Gasteiger partial charge in [-0.2, -0.15) is 0 Å². The van der Waals surface area contributed by atoms with Crippen molar-refractivity contribution in [1.82, 2.24) is 19.8 Å². The number of hydrogen-bond donors (Lipinski definition) is 2. The Hall–Kier alpha value is -3.03. The van der Waals surface area contributed by atoms with E-state index in [1.807, 2.05) is 42.1 Å². The van der Waals surface area contributed by atoms with Crippen molar-refractivity contribution in [2.45, 2.75) is 18.9 Å². The van der Waals surface area contributed by atoms with Gasteiger partial charge in [0.2, 0.25) is 0 Å². The fourth-order valence-electron chi connectivity index (χ4n) is 3.42. The number of nitrogens with zero attached hydrogens (tertiary/aromatic N) is 4. The molecular formula is C19H24N6O2. The van der Waals surface area contributed by atoms with Crippen LogP contribution in [0.4, 0.5) is 21.0 Å². The highest BCUT2D eigenvalue weighted by atomic mass is 16.2. The molecule has 4 amide bonds. The molecule has 1 atom stereocenters. The van der Waals surface area contributed by atoms with Crippen LogP contribution in [0, 0.1) is 5.92 Å². The summed E-state index contributed by atoms with van der Waals surface area (Å²) in [4.78, 5) is 32.3. The zero-order valence-electron chi connectivity index (χ0n) is 15.6. The van der Waals surface area contributed by atoms with E-state index in [-0.39, 0.29) is 18.1 Å². The predicted octanol–water partition coefficient (Wildman–Crippen LogP) is 2.56. The van der Waals surface area contributed by atoms with E-state index in [2.05, 4.69) is 15.6 Å². The summed E-state index contributed by atoms with van der Waals surface area (Å²) in [5.41, 5.74) is 1.52. The van der Waals surface area contributed by atoms with Gasteiger partial charge in [-0.1, -0.05) is 0 Å². The molecule has 8 nitrogen and oxygen atoms in total. The Labute approximate surface area is 158 Å². The molecule has 0 radical (unpaired) electrons. The van der Waals surface area contributed by atoms with Crippen molar-refractivity contribution in [2.75, 3.05) is 30.4 Å². The van der Waals surface area contributed by atoms with E-state index in [1.54, 1.807) is 23.0 Å². The number of rotatable bonds is 5. The van der Waals surface area contributed by atoms with E-state index >= 15 is 0 Å². The summed E-state index contributed by atoms with van der Waals surface area (Å²) in [6.45, 7) is 1.40. The molecule has 2 aliphatic rings. The first-order valence-electron chi connectivity index (χ1n) is 9.20. The Balaban J connectivity index is 1.39. The average Bonchev–Trinajstić information content (AvgIpc) is 3.33. The summed E-state index contributed by atoms with van der Waals surface area (Å²) in [5, 5.41) is 5.92. The van der Waals surface area contributed by atoms with Gasteiger partial charge in [0.1, 0.15) is 5.82 Å². The Morgan fingerprint density at radius 3 is 2.48 bits per heavy atom. The lowest BCUT2D eigenvalue weighted by molar-refractivity contribution is 0.229. The first kappa shape index (κ1) is 17.4. The molecule has 8 heteroatoms. The smallest absolute Gasteiger partial charge is 0.324 e. The van der Waals surface area contributed by atoms with Gasteiger partial charge in [0.25, 0.3) is 0 Å². The standard InChI is InChI=1S/C19H24N6O2/c1-23-10-9-20-17(23)16(13-3-4-13)22-18(26)21-14-5-7-15(8-6-14)25-12-11-24(2)19(25)27/h5-10,13,16H,3-4,11-12H2,1-2H3,(H2,21,22,26)/t16-/m1/s1. The summed E-state index contributed by atoms with van der Waals surface area (Å²) in [6.07, 6.45) is 5.84. The Morgan fingerprint density at radius 1 is 1.19 bits per heavy atom. The van der Waals surface area contributed by atoms with Crippen molar-refractivity contribution in [3.8, 4) is 0 Å². The second-order valence-corrected chi connectivity index (χ2v) is 7.21. The maximum Gasteiger partial charge on any atom is 0.324 e. The molecule has 2 heterocycles. The van der Waals surface area contributed by atoms with Crippen LogP contribution in [0.25, 0.3) is 0 Å². The molecule has 1 aromatic heterocycles. The number of nitrogens with one attached hydrogen (secondary N) is 2. The maximum absolute atomic E-state index is 12.5. The van der Waals surface area contributed by atoms with Gasteiger partial charge in [0.15, 0.2) is 0 Å². The summed E-state index contributed by atoms with van der Waals surface area (Å²) in [6, 6.07) is 6.99. The van der Waals surface area contributed by atoms with Gasteiger partial charge in [-0.05, 0) is 43.0 Å². The highest BCUT2D eigenvalue weighted by Crippen LogP contribution is 2.40. The van der Waals surface area contributed by atoms with Gasteiger partial charge in [0.05, 0.1) is 6.04 Å². The largest absolute Gasteiger partial charge is 0.336 e. The van der Waals surface area contributed by atoms with Crippen LogP contribution in [0.5, 0.6) is 0 Å². The van der Waals surface area contributed by atoms with Gasteiger partial charge in [-0.15, -0.1) is 0 Å². The molecule has 27 heavy (non-hydrogen) atoms. The number of aromatic nitrogens is 2. The number of benzene rings is 1. The molecule has 1 aromatic carbocycles. The minimum absolute atomic E-state index is 0.00389. The number of anilines is 2. The number of urea groups is 2. The third-order valence-electron chi connectivity index (χ3n) is 5.17. The number of imidazole rings is 1. The number of hydrogen-bond acceptors (Lipinski definition) is 3. The van der Waals surface area contributed by atoms with Crippen molar-refractivity contribution >= 4 is 23.4 Å². The molecule has 2 fully saturated rings. The number of likely N-dealkylation sites (N-methyl/N-ethyl adjacent to an activating group) is 1. The fraction of sp³-hybridized carbons (Fsp3) is 0.421. The summed E-state index contributed by atoms with van der Waals surface area (Å²) in [5.74, 6) is 1.32. The number of amides is 4. The SMILES string of the molecule is CN1CCN(c2ccc(NC(=O)N[C@@H](c3nccn3C)C3CC3)cc2)C1=O. The topological polar surface area (TPSA) is 82.5 Å². The zero-order valence-corrected chi connectivity index (χ0v) is 15.6. The van der Waals surface area contributed by atoms with Crippen LogP contribution >= 0.6 is 0 Å². The van der Waals surface area contributed by atoms with Crippen molar-refractivity contribution in [2.24, 2.45) is 13.0 Å². The van der Waals surface area contributed by atoms with Crippen molar-refractivity contribution < 1.29 is 9.59 Å². The van der Waals surface area contributed by atoms with Crippen molar-refractivity contribution in [3.05, 3.63) is 42.5 Å². The monoisotopic (exact) mass is 368 g/mol. The molecule has 1 saturated carbocycles. The first-order chi connectivity index (χ1) is 13.0. The number of carbonyl (C=O) groups excluding carboxylic acids is 2. The molecule has 1 aliphatic heterocycles. The molecule has 2 aromatic rings. The maximum atomic E-state index is 12.5. The van der Waals surface area contributed by atoms with E-state index < -0.39 is 0 Å². The number of carbonyl (C=O) groups is 2. The van der Waals surface area contributed by atoms with Crippen LogP contribution in [-0.4, -0.2) is 46.7 Å². The molecule has 0 spiro atoms. The molecular weight excluding hydrogens is 344 g/mol. The Kier molecular flexibility index (Phi) is 4.47. The van der Waals surface area contributed by atoms with E-state index in [1.165, 1.54) is 0 Å². The summed E-state index contributed by atoms with van der Waals surface area (Å²) in [7, 11) is 3.73. The third-order valence-corrected chi connectivity index (χ3v) is 5.17. The first-order valence-corrected chi connectivity index (χ1v) is 9.20. The molecule has 0 bridgehead atoms. The molecule has 2 N–H and O–H groups in total. The van der Waals surface area contributed by atoms with Crippen LogP contribution in [-0.2, 0) is 7.05 Å². The van der Waals surface area contributed by atoms with E-state index in [4.69, 9.17) is 0 Å². The van der Waals surface area contributed by atoms with Crippen molar-refractivity contribution in [3.63, 3.8) is 0 Å². The minimum atomic E-state index is -0.250. The van der Waals surface area contributed by atoms with Crippen molar-refractivity contribution in [1.29, 1.82) is 0 Å². The highest BCUT2D eigenvalue weighted by molar-refractivity contribution is 5.94. The molecule has 1 aliphatic carbocycles. The second-order valence-electron chi connectivity index (χ2n) is 7.21. The Morgan fingerprint density at radius 2 is 1.93 bits per heavy atom. The fourth-order valence-corrected chi connectivity index (χ4v) is 3.42. The number of aryl methyl sites for hydroxylation is 1. The lowest BCUT2D eigenvalue weighted by atomic mass is 10.1. The van der Waals surface area contributed by atoms with Gasteiger partial charge in [-0.3, -0.25) is 4.90 Å². The van der Waals surface area contributed by atoms with Gasteiger partial charge < -0.3 is 20.1 Å². The van der Waals surface area contributed by atoms with Gasteiger partial charge in [-0.25, -0.2) is 14.6 Å². The molecule has 142 valence electrons.